The van der Waals surface area contributed by atoms with Crippen molar-refractivity contribution < 1.29 is 4.79 Å². The molecule has 0 atom stereocenters. The van der Waals surface area contributed by atoms with Gasteiger partial charge in [-0.1, -0.05) is 82.3 Å². The van der Waals surface area contributed by atoms with Crippen molar-refractivity contribution in [1.82, 2.24) is 20.2 Å². The number of nitrogens with one attached hydrogen (secondary N) is 1. The van der Waals surface area contributed by atoms with E-state index in [9.17, 15) is 4.79 Å². The molecule has 0 aliphatic heterocycles. The molecule has 0 bridgehead atoms. The Kier molecular flexibility index (Phi) is 7.14. The summed E-state index contributed by atoms with van der Waals surface area (Å²) in [4.78, 5) is 12.4. The molecule has 1 heterocycles. The van der Waals surface area contributed by atoms with Crippen molar-refractivity contribution in [1.29, 1.82) is 0 Å². The van der Waals surface area contributed by atoms with Crippen molar-refractivity contribution in [3.8, 4) is 17.1 Å². The molecular formula is C24H20BrN5OS. The van der Waals surface area contributed by atoms with Crippen LogP contribution in [-0.2, 0) is 4.79 Å². The van der Waals surface area contributed by atoms with Crippen LogP contribution in [0.15, 0.2) is 93.6 Å². The maximum atomic E-state index is 12.4. The minimum atomic E-state index is -0.216. The lowest BCUT2D eigenvalue weighted by Gasteiger charge is -2.10. The molecule has 0 saturated carbocycles. The zero-order chi connectivity index (χ0) is 22.3. The van der Waals surface area contributed by atoms with Gasteiger partial charge in [-0.3, -0.25) is 9.36 Å². The average molecular weight is 506 g/mol. The molecule has 4 rings (SSSR count). The van der Waals surface area contributed by atoms with Crippen LogP contribution in [0.1, 0.15) is 11.1 Å². The van der Waals surface area contributed by atoms with E-state index in [1.165, 1.54) is 11.8 Å². The van der Waals surface area contributed by atoms with E-state index >= 15 is 0 Å². The Morgan fingerprint density at radius 1 is 1.03 bits per heavy atom. The lowest BCUT2D eigenvalue weighted by atomic mass is 10.1. The van der Waals surface area contributed by atoms with Gasteiger partial charge in [0.25, 0.3) is 5.91 Å². The summed E-state index contributed by atoms with van der Waals surface area (Å²) in [5.41, 5.74) is 6.50. The number of amides is 1. The van der Waals surface area contributed by atoms with Gasteiger partial charge in [0.05, 0.1) is 12.0 Å². The molecule has 1 amide bonds. The van der Waals surface area contributed by atoms with Crippen LogP contribution in [0.5, 0.6) is 0 Å². The fraction of sp³-hybridized carbons (Fsp3) is 0.0833. The Morgan fingerprint density at radius 2 is 1.75 bits per heavy atom. The van der Waals surface area contributed by atoms with Crippen molar-refractivity contribution in [2.75, 3.05) is 5.75 Å². The second-order valence-electron chi connectivity index (χ2n) is 6.92. The summed E-state index contributed by atoms with van der Waals surface area (Å²) in [5.74, 6) is 0.661. The zero-order valence-electron chi connectivity index (χ0n) is 17.3. The summed E-state index contributed by atoms with van der Waals surface area (Å²) in [7, 11) is 0. The Balaban J connectivity index is 1.51. The average Bonchev–Trinajstić information content (AvgIpc) is 3.24. The Labute approximate surface area is 198 Å². The van der Waals surface area contributed by atoms with E-state index in [4.69, 9.17) is 0 Å². The van der Waals surface area contributed by atoms with Crippen LogP contribution in [0.2, 0.25) is 0 Å². The molecule has 8 heteroatoms. The van der Waals surface area contributed by atoms with Crippen LogP contribution >= 0.6 is 27.7 Å². The number of carbonyl (C=O) groups is 1. The molecule has 4 aromatic rings. The van der Waals surface area contributed by atoms with Crippen molar-refractivity contribution in [3.05, 3.63) is 94.5 Å². The van der Waals surface area contributed by atoms with E-state index in [1.807, 2.05) is 90.4 Å². The minimum Gasteiger partial charge on any atom is -0.272 e. The first-order valence-corrected chi connectivity index (χ1v) is 11.7. The van der Waals surface area contributed by atoms with Gasteiger partial charge >= 0.3 is 0 Å². The van der Waals surface area contributed by atoms with Crippen LogP contribution in [-0.4, -0.2) is 32.6 Å². The summed E-state index contributed by atoms with van der Waals surface area (Å²) >= 11 is 4.78. The molecule has 0 aliphatic carbocycles. The second-order valence-corrected chi connectivity index (χ2v) is 8.78. The summed E-state index contributed by atoms with van der Waals surface area (Å²) in [6.07, 6.45) is 1.65. The number of rotatable bonds is 7. The molecule has 1 N–H and O–H groups in total. The second kappa shape index (κ2) is 10.4. The van der Waals surface area contributed by atoms with Gasteiger partial charge in [-0.15, -0.1) is 10.2 Å². The molecule has 32 heavy (non-hydrogen) atoms. The van der Waals surface area contributed by atoms with Gasteiger partial charge in [-0.25, -0.2) is 5.43 Å². The maximum Gasteiger partial charge on any atom is 0.250 e. The van der Waals surface area contributed by atoms with Crippen molar-refractivity contribution in [2.45, 2.75) is 12.1 Å². The zero-order valence-corrected chi connectivity index (χ0v) is 19.7. The first-order chi connectivity index (χ1) is 15.6. The van der Waals surface area contributed by atoms with Crippen LogP contribution in [0, 0.1) is 6.92 Å². The van der Waals surface area contributed by atoms with Crippen molar-refractivity contribution >= 4 is 39.8 Å². The maximum absolute atomic E-state index is 12.4. The van der Waals surface area contributed by atoms with Crippen molar-refractivity contribution in [2.24, 2.45) is 5.10 Å². The monoisotopic (exact) mass is 505 g/mol. The van der Waals surface area contributed by atoms with Crippen LogP contribution < -0.4 is 5.43 Å². The predicted octanol–water partition coefficient (Wildman–Crippen LogP) is 5.25. The standard InChI is InChI=1S/C24H20BrN5OS/c1-17-7-5-6-10-19(17)15-26-27-22(31)16-32-24-29-28-23(18-8-3-2-4-9-18)30(24)21-13-11-20(25)12-14-21/h2-15H,16H2,1H3,(H,27,31)/b26-15+. The molecule has 3 aromatic carbocycles. The number of nitrogens with zero attached hydrogens (tertiary/aromatic N) is 4. The van der Waals surface area contributed by atoms with E-state index in [-0.39, 0.29) is 11.7 Å². The quantitative estimate of drug-likeness (QED) is 0.211. The largest absolute Gasteiger partial charge is 0.272 e. The van der Waals surface area contributed by atoms with Gasteiger partial charge in [-0.05, 0) is 42.3 Å². The smallest absolute Gasteiger partial charge is 0.250 e. The summed E-state index contributed by atoms with van der Waals surface area (Å²) in [6, 6.07) is 25.6. The van der Waals surface area contributed by atoms with Crippen LogP contribution in [0.3, 0.4) is 0 Å². The fourth-order valence-electron chi connectivity index (χ4n) is 3.03. The van der Waals surface area contributed by atoms with Crippen molar-refractivity contribution in [3.63, 3.8) is 0 Å². The molecule has 0 radical (unpaired) electrons. The Bertz CT molecular complexity index is 1240. The van der Waals surface area contributed by atoms with E-state index in [0.717, 1.165) is 26.9 Å². The summed E-state index contributed by atoms with van der Waals surface area (Å²) in [5, 5.41) is 13.4. The van der Waals surface area contributed by atoms with E-state index < -0.39 is 0 Å². The Morgan fingerprint density at radius 3 is 2.50 bits per heavy atom. The number of hydrogen-bond acceptors (Lipinski definition) is 5. The highest BCUT2D eigenvalue weighted by atomic mass is 79.9. The molecule has 0 unspecified atom stereocenters. The summed E-state index contributed by atoms with van der Waals surface area (Å²) < 4.78 is 2.94. The molecule has 0 aliphatic rings. The number of aromatic nitrogens is 3. The van der Waals surface area contributed by atoms with Crippen LogP contribution in [0.4, 0.5) is 0 Å². The molecule has 0 spiro atoms. The van der Waals surface area contributed by atoms with Gasteiger partial charge in [-0.2, -0.15) is 5.10 Å². The van der Waals surface area contributed by atoms with E-state index in [1.54, 1.807) is 6.21 Å². The molecular weight excluding hydrogens is 486 g/mol. The molecule has 0 saturated heterocycles. The van der Waals surface area contributed by atoms with Gasteiger partial charge in [0.1, 0.15) is 0 Å². The number of aryl methyl sites for hydroxylation is 1. The first kappa shape index (κ1) is 22.0. The lowest BCUT2D eigenvalue weighted by Crippen LogP contribution is -2.20. The SMILES string of the molecule is Cc1ccccc1/C=N/NC(=O)CSc1nnc(-c2ccccc2)n1-c1ccc(Br)cc1. The third kappa shape index (κ3) is 5.33. The van der Waals surface area contributed by atoms with E-state index in [2.05, 4.69) is 36.7 Å². The molecule has 160 valence electrons. The molecule has 1 aromatic heterocycles. The lowest BCUT2D eigenvalue weighted by molar-refractivity contribution is -0.118. The number of thioether (sulfide) groups is 1. The summed E-state index contributed by atoms with van der Waals surface area (Å²) in [6.45, 7) is 2.00. The number of benzene rings is 3. The van der Waals surface area contributed by atoms with Crippen LogP contribution in [0.25, 0.3) is 17.1 Å². The third-order valence-corrected chi connectivity index (χ3v) is 6.12. The third-order valence-electron chi connectivity index (χ3n) is 4.66. The van der Waals surface area contributed by atoms with Gasteiger partial charge in [0.15, 0.2) is 11.0 Å². The fourth-order valence-corrected chi connectivity index (χ4v) is 4.04. The molecule has 6 nitrogen and oxygen atoms in total. The molecule has 0 fully saturated rings. The highest BCUT2D eigenvalue weighted by Gasteiger charge is 2.17. The topological polar surface area (TPSA) is 72.2 Å². The van der Waals surface area contributed by atoms with Gasteiger partial charge in [0.2, 0.25) is 0 Å². The van der Waals surface area contributed by atoms with Gasteiger partial charge in [0, 0.05) is 15.7 Å². The minimum absolute atomic E-state index is 0.161. The highest BCUT2D eigenvalue weighted by molar-refractivity contribution is 9.10. The number of hydrogen-bond donors (Lipinski definition) is 1. The van der Waals surface area contributed by atoms with E-state index in [0.29, 0.717) is 11.0 Å². The Hall–Kier alpha value is -3.23. The van der Waals surface area contributed by atoms with Gasteiger partial charge < -0.3 is 0 Å². The normalized spacial score (nSPS) is 11.1. The first-order valence-electron chi connectivity index (χ1n) is 9.89. The number of halogens is 1. The number of hydrazone groups is 1. The number of carbonyl (C=O) groups excluding carboxylic acids is 1. The highest BCUT2D eigenvalue weighted by Crippen LogP contribution is 2.28. The predicted molar refractivity (Wildman–Crippen MR) is 132 cm³/mol.